The first-order chi connectivity index (χ1) is 20.3. The zero-order valence-electron chi connectivity index (χ0n) is 23.3. The summed E-state index contributed by atoms with van der Waals surface area (Å²) in [7, 11) is 0. The van der Waals surface area contributed by atoms with Crippen molar-refractivity contribution >= 4 is 35.0 Å². The number of nitrogens with one attached hydrogen (secondary N) is 2. The first-order valence-electron chi connectivity index (χ1n) is 14.3. The number of hydrogen-bond donors (Lipinski definition) is 3. The van der Waals surface area contributed by atoms with Crippen LogP contribution in [0.15, 0.2) is 84.9 Å². The molecule has 9 heteroatoms. The van der Waals surface area contributed by atoms with Gasteiger partial charge < -0.3 is 25.4 Å². The van der Waals surface area contributed by atoms with Crippen molar-refractivity contribution in [3.05, 3.63) is 101 Å². The number of benzene rings is 3. The second-order valence-corrected chi connectivity index (χ2v) is 12.1. The molecule has 42 heavy (non-hydrogen) atoms. The van der Waals surface area contributed by atoms with Crippen molar-refractivity contribution in [2.45, 2.75) is 56.0 Å². The molecule has 218 valence electrons. The van der Waals surface area contributed by atoms with E-state index in [1.807, 2.05) is 67.6 Å². The number of aliphatic hydroxyl groups is 1. The molecule has 3 aliphatic heterocycles. The molecule has 3 saturated heterocycles. The fraction of sp³-hybridized carbons (Fsp3) is 0.364. The first kappa shape index (κ1) is 28.4. The molecule has 3 heterocycles. The van der Waals surface area contributed by atoms with Crippen molar-refractivity contribution in [1.29, 1.82) is 0 Å². The van der Waals surface area contributed by atoms with Crippen LogP contribution in [-0.4, -0.2) is 57.6 Å². The number of aliphatic hydroxyl groups excluding tert-OH is 1. The third kappa shape index (κ3) is 4.77. The van der Waals surface area contributed by atoms with Crippen molar-refractivity contribution in [1.82, 2.24) is 10.2 Å². The third-order valence-corrected chi connectivity index (χ3v) is 9.43. The Balaban J connectivity index is 1.37. The lowest BCUT2D eigenvalue weighted by Gasteiger charge is -2.37. The summed E-state index contributed by atoms with van der Waals surface area (Å²) < 4.78 is 6.71. The van der Waals surface area contributed by atoms with Crippen LogP contribution in [0.2, 0.25) is 5.02 Å². The van der Waals surface area contributed by atoms with E-state index in [4.69, 9.17) is 16.3 Å². The van der Waals surface area contributed by atoms with Crippen LogP contribution in [0, 0.1) is 11.8 Å². The monoisotopic (exact) mass is 587 g/mol. The smallest absolute Gasteiger partial charge is 0.250 e. The number of likely N-dealkylation sites (tertiary alicyclic amines) is 1. The second kappa shape index (κ2) is 11.2. The minimum atomic E-state index is -1.23. The van der Waals surface area contributed by atoms with Crippen LogP contribution >= 0.6 is 11.6 Å². The molecule has 3 amide bonds. The van der Waals surface area contributed by atoms with Crippen LogP contribution in [0.1, 0.15) is 30.9 Å². The van der Waals surface area contributed by atoms with Gasteiger partial charge >= 0.3 is 0 Å². The molecule has 3 aromatic rings. The molecule has 3 aromatic carbocycles. The summed E-state index contributed by atoms with van der Waals surface area (Å²) >= 11 is 6.38. The van der Waals surface area contributed by atoms with Gasteiger partial charge in [0.15, 0.2) is 0 Å². The van der Waals surface area contributed by atoms with Gasteiger partial charge in [0.2, 0.25) is 17.7 Å². The molecule has 1 spiro atoms. The van der Waals surface area contributed by atoms with Gasteiger partial charge in [-0.2, -0.15) is 0 Å². The van der Waals surface area contributed by atoms with E-state index < -0.39 is 41.0 Å². The molecular formula is C33H34ClN3O5. The van der Waals surface area contributed by atoms with Crippen LogP contribution in [-0.2, 0) is 32.1 Å². The lowest BCUT2D eigenvalue weighted by molar-refractivity contribution is -0.148. The molecule has 0 saturated carbocycles. The van der Waals surface area contributed by atoms with Crippen LogP contribution in [0.3, 0.4) is 0 Å². The minimum Gasteiger partial charge on any atom is -0.394 e. The van der Waals surface area contributed by atoms with Crippen molar-refractivity contribution in [2.75, 3.05) is 11.9 Å². The number of fused-ring (bicyclic) bond motifs is 1. The van der Waals surface area contributed by atoms with Crippen molar-refractivity contribution in [3.8, 4) is 0 Å². The van der Waals surface area contributed by atoms with Gasteiger partial charge in [0.25, 0.3) is 0 Å². The summed E-state index contributed by atoms with van der Waals surface area (Å²) in [6, 6.07) is 24.2. The molecule has 6 rings (SSSR count). The fourth-order valence-electron chi connectivity index (χ4n) is 7.25. The average molecular weight is 588 g/mol. The van der Waals surface area contributed by atoms with E-state index in [2.05, 4.69) is 10.6 Å². The molecule has 3 N–H and O–H groups in total. The molecule has 3 aliphatic rings. The van der Waals surface area contributed by atoms with Crippen LogP contribution in [0.5, 0.6) is 0 Å². The summed E-state index contributed by atoms with van der Waals surface area (Å²) in [6.45, 7) is 1.82. The van der Waals surface area contributed by atoms with E-state index in [1.54, 1.807) is 24.3 Å². The van der Waals surface area contributed by atoms with E-state index >= 15 is 0 Å². The standard InChI is InChI=1S/C33H34ClN3O5/c1-32-16-17-33(42-32)27(26(32)29(39)35-19-22-12-6-3-7-13-22)31(41)37(23(20-38)18-21-10-4-2-5-11-21)28(33)30(40)36-25-15-9-8-14-24(25)34/h2-15,23,26-28,38H,16-20H2,1H3,(H,35,39)(H,36,40)/t23-,26-,27+,28?,32+,33?/m1/s1. The first-order valence-corrected chi connectivity index (χ1v) is 14.7. The summed E-state index contributed by atoms with van der Waals surface area (Å²) in [6.07, 6.45) is 1.29. The molecule has 0 aliphatic carbocycles. The Bertz CT molecular complexity index is 1490. The number of para-hydroxylation sites is 1. The molecular weight excluding hydrogens is 554 g/mol. The lowest BCUT2D eigenvalue weighted by Crippen LogP contribution is -2.57. The highest BCUT2D eigenvalue weighted by molar-refractivity contribution is 6.33. The number of hydrogen-bond acceptors (Lipinski definition) is 5. The maximum Gasteiger partial charge on any atom is 0.250 e. The summed E-state index contributed by atoms with van der Waals surface area (Å²) in [5, 5.41) is 16.9. The molecule has 8 nitrogen and oxygen atoms in total. The van der Waals surface area contributed by atoms with Gasteiger partial charge in [-0.25, -0.2) is 0 Å². The molecule has 2 unspecified atom stereocenters. The predicted octanol–water partition coefficient (Wildman–Crippen LogP) is 3.96. The predicted molar refractivity (Wildman–Crippen MR) is 158 cm³/mol. The number of carbonyl (C=O) groups excluding carboxylic acids is 3. The largest absolute Gasteiger partial charge is 0.394 e. The molecule has 6 atom stereocenters. The minimum absolute atomic E-state index is 0.281. The Hall–Kier alpha value is -3.72. The van der Waals surface area contributed by atoms with E-state index in [9.17, 15) is 19.5 Å². The molecule has 0 radical (unpaired) electrons. The van der Waals surface area contributed by atoms with Gasteiger partial charge in [-0.3, -0.25) is 14.4 Å². The highest BCUT2D eigenvalue weighted by Crippen LogP contribution is 2.63. The third-order valence-electron chi connectivity index (χ3n) is 9.10. The molecule has 3 fully saturated rings. The Morgan fingerprint density at radius 1 is 0.976 bits per heavy atom. The van der Waals surface area contributed by atoms with Gasteiger partial charge in [0.05, 0.1) is 40.8 Å². The summed E-state index contributed by atoms with van der Waals surface area (Å²) in [4.78, 5) is 44.0. The maximum atomic E-state index is 14.5. The lowest BCUT2D eigenvalue weighted by atomic mass is 9.66. The van der Waals surface area contributed by atoms with Gasteiger partial charge in [-0.05, 0) is 49.4 Å². The van der Waals surface area contributed by atoms with Crippen LogP contribution in [0.25, 0.3) is 0 Å². The van der Waals surface area contributed by atoms with Gasteiger partial charge in [0, 0.05) is 6.54 Å². The van der Waals surface area contributed by atoms with Crippen LogP contribution in [0.4, 0.5) is 5.69 Å². The van der Waals surface area contributed by atoms with E-state index in [1.165, 1.54) is 4.90 Å². The zero-order chi connectivity index (χ0) is 29.5. The van der Waals surface area contributed by atoms with Crippen molar-refractivity contribution in [3.63, 3.8) is 0 Å². The number of anilines is 1. The number of nitrogens with zero attached hydrogens (tertiary/aromatic N) is 1. The fourth-order valence-corrected chi connectivity index (χ4v) is 7.44. The summed E-state index contributed by atoms with van der Waals surface area (Å²) in [5.41, 5.74) is 0.129. The maximum absolute atomic E-state index is 14.5. The number of ether oxygens (including phenoxy) is 1. The topological polar surface area (TPSA) is 108 Å². The highest BCUT2D eigenvalue weighted by Gasteiger charge is 2.78. The van der Waals surface area contributed by atoms with E-state index in [0.717, 1.165) is 11.1 Å². The Morgan fingerprint density at radius 3 is 2.29 bits per heavy atom. The Morgan fingerprint density at radius 2 is 1.62 bits per heavy atom. The van der Waals surface area contributed by atoms with Gasteiger partial charge in [0.1, 0.15) is 11.6 Å². The Labute approximate surface area is 250 Å². The van der Waals surface area contributed by atoms with Crippen molar-refractivity contribution in [2.24, 2.45) is 11.8 Å². The molecule has 0 aromatic heterocycles. The summed E-state index contributed by atoms with van der Waals surface area (Å²) in [5.74, 6) is -2.76. The number of halogens is 1. The van der Waals surface area contributed by atoms with E-state index in [-0.39, 0.29) is 18.4 Å². The normalized spacial score (nSPS) is 28.4. The number of carbonyl (C=O) groups is 3. The van der Waals surface area contributed by atoms with Crippen molar-refractivity contribution < 1.29 is 24.2 Å². The number of amides is 3. The molecule has 2 bridgehead atoms. The van der Waals surface area contributed by atoms with Gasteiger partial charge in [-0.1, -0.05) is 84.4 Å². The van der Waals surface area contributed by atoms with Gasteiger partial charge in [-0.15, -0.1) is 0 Å². The van der Waals surface area contributed by atoms with E-state index in [0.29, 0.717) is 36.5 Å². The highest BCUT2D eigenvalue weighted by atomic mass is 35.5. The zero-order valence-corrected chi connectivity index (χ0v) is 24.1. The number of rotatable bonds is 9. The Kier molecular flexibility index (Phi) is 7.55. The average Bonchev–Trinajstić information content (AvgIpc) is 3.57. The van der Waals surface area contributed by atoms with Crippen LogP contribution < -0.4 is 10.6 Å². The second-order valence-electron chi connectivity index (χ2n) is 11.7. The SMILES string of the molecule is C[C@@]12CCC3(O1)C(C(=O)Nc1ccccc1Cl)N([C@@H](CO)Cc1ccccc1)C(=O)[C@@H]3[C@@H]2C(=O)NCc1ccccc1. The quantitative estimate of drug-likeness (QED) is 0.351.